The van der Waals surface area contributed by atoms with Gasteiger partial charge in [0.2, 0.25) is 0 Å². The van der Waals surface area contributed by atoms with Crippen molar-refractivity contribution >= 4 is 28.9 Å². The molecule has 0 saturated heterocycles. The Morgan fingerprint density at radius 1 is 1.07 bits per heavy atom. The van der Waals surface area contributed by atoms with Crippen molar-refractivity contribution in [2.24, 2.45) is 11.3 Å². The molecule has 0 bridgehead atoms. The van der Waals surface area contributed by atoms with Gasteiger partial charge >= 0.3 is 5.97 Å². The summed E-state index contributed by atoms with van der Waals surface area (Å²) in [4.78, 5) is 26.1. The van der Waals surface area contributed by atoms with Gasteiger partial charge in [-0.15, -0.1) is 0 Å². The van der Waals surface area contributed by atoms with Crippen LogP contribution in [-0.4, -0.2) is 18.4 Å². The van der Waals surface area contributed by atoms with Gasteiger partial charge in [-0.2, -0.15) is 10.5 Å². The summed E-state index contributed by atoms with van der Waals surface area (Å²) in [6.07, 6.45) is 0.171. The Morgan fingerprint density at radius 3 is 2.24 bits per heavy atom. The Balaban J connectivity index is 2.18. The molecule has 1 aliphatic rings. The highest BCUT2D eigenvalue weighted by Crippen LogP contribution is 2.63. The first-order chi connectivity index (χ1) is 14.0. The number of nitriles is 2. The van der Waals surface area contributed by atoms with E-state index in [0.29, 0.717) is 16.1 Å². The highest BCUT2D eigenvalue weighted by molar-refractivity contribution is 6.30. The van der Waals surface area contributed by atoms with Crippen LogP contribution in [0, 0.1) is 34.0 Å². The molecule has 144 valence electrons. The number of benzene rings is 2. The highest BCUT2D eigenvalue weighted by Gasteiger charge is 2.67. The number of Topliss-reactive ketones (excluding diaryl/α,β-unsaturated/α-hetero) is 1. The molecule has 29 heavy (non-hydrogen) atoms. The number of carbonyl (C=O) groups is 2. The van der Waals surface area contributed by atoms with Crippen LogP contribution in [0.4, 0.5) is 0 Å². The standard InChI is InChI=1S/C23H17ClN2O3/c1-2-29-22(28)23(12-19(23)21(27)16-6-4-3-5-7-16)20(17(13-25)14-26)15-8-10-18(24)11-9-15/h3-11,19H,2,12H2,1H3/t19-,23+/m0/s1. The molecule has 1 aliphatic carbocycles. The van der Waals surface area contributed by atoms with E-state index in [4.69, 9.17) is 16.3 Å². The van der Waals surface area contributed by atoms with Crippen LogP contribution in [0.25, 0.3) is 5.57 Å². The Kier molecular flexibility index (Phi) is 5.82. The normalized spacial score (nSPS) is 19.4. The second-order valence-corrected chi connectivity index (χ2v) is 7.10. The number of nitrogens with zero attached hydrogens (tertiary/aromatic N) is 2. The van der Waals surface area contributed by atoms with Crippen molar-refractivity contribution in [1.82, 2.24) is 0 Å². The van der Waals surface area contributed by atoms with Gasteiger partial charge in [-0.1, -0.05) is 54.1 Å². The zero-order valence-electron chi connectivity index (χ0n) is 15.7. The molecule has 1 saturated carbocycles. The van der Waals surface area contributed by atoms with Gasteiger partial charge in [0.05, 0.1) is 6.61 Å². The number of esters is 1. The quantitative estimate of drug-likeness (QED) is 0.399. The van der Waals surface area contributed by atoms with Crippen molar-refractivity contribution < 1.29 is 14.3 Å². The molecule has 0 aliphatic heterocycles. The molecule has 1 fully saturated rings. The summed E-state index contributed by atoms with van der Waals surface area (Å²) in [6.45, 7) is 1.79. The van der Waals surface area contributed by atoms with Crippen molar-refractivity contribution in [3.63, 3.8) is 0 Å². The molecule has 0 spiro atoms. The lowest BCUT2D eigenvalue weighted by atomic mass is 9.83. The molecule has 0 unspecified atom stereocenters. The third-order valence-corrected chi connectivity index (χ3v) is 5.28. The van der Waals surface area contributed by atoms with Crippen molar-refractivity contribution in [2.45, 2.75) is 13.3 Å². The summed E-state index contributed by atoms with van der Waals surface area (Å²) in [5, 5.41) is 19.6. The number of ketones is 1. The molecule has 0 aromatic heterocycles. The van der Waals surface area contributed by atoms with E-state index in [1.165, 1.54) is 0 Å². The molecule has 6 heteroatoms. The van der Waals surface area contributed by atoms with Gasteiger partial charge in [0, 0.05) is 22.1 Å². The average molecular weight is 405 g/mol. The largest absolute Gasteiger partial charge is 0.465 e. The molecule has 0 radical (unpaired) electrons. The Morgan fingerprint density at radius 2 is 1.69 bits per heavy atom. The number of rotatable bonds is 6. The first kappa shape index (κ1) is 20.3. The van der Waals surface area contributed by atoms with Crippen LogP contribution < -0.4 is 0 Å². The zero-order valence-corrected chi connectivity index (χ0v) is 16.4. The molecule has 0 N–H and O–H groups in total. The molecular formula is C23H17ClN2O3. The van der Waals surface area contributed by atoms with Gasteiger partial charge in [0.25, 0.3) is 0 Å². The van der Waals surface area contributed by atoms with Crippen LogP contribution in [-0.2, 0) is 9.53 Å². The van der Waals surface area contributed by atoms with E-state index < -0.39 is 17.3 Å². The van der Waals surface area contributed by atoms with Crippen LogP contribution in [0.3, 0.4) is 0 Å². The van der Waals surface area contributed by atoms with Crippen molar-refractivity contribution in [3.05, 3.63) is 76.3 Å². The SMILES string of the molecule is CCOC(=O)[C@]1(C(=C(C#N)C#N)c2ccc(Cl)cc2)C[C@H]1C(=O)c1ccccc1. The van der Waals surface area contributed by atoms with Gasteiger partial charge < -0.3 is 4.74 Å². The minimum Gasteiger partial charge on any atom is -0.465 e. The lowest BCUT2D eigenvalue weighted by molar-refractivity contribution is -0.147. The minimum atomic E-state index is -1.38. The molecule has 2 aromatic rings. The second kappa shape index (κ2) is 8.31. The summed E-state index contributed by atoms with van der Waals surface area (Å²) in [7, 11) is 0. The third-order valence-electron chi connectivity index (χ3n) is 5.03. The van der Waals surface area contributed by atoms with Gasteiger partial charge in [-0.05, 0) is 31.0 Å². The van der Waals surface area contributed by atoms with E-state index >= 15 is 0 Å². The number of carbonyl (C=O) groups excluding carboxylic acids is 2. The maximum atomic E-state index is 13.1. The van der Waals surface area contributed by atoms with Gasteiger partial charge in [-0.25, -0.2) is 0 Å². The lowest BCUT2D eigenvalue weighted by Gasteiger charge is -2.20. The van der Waals surface area contributed by atoms with E-state index in [1.54, 1.807) is 61.5 Å². The van der Waals surface area contributed by atoms with E-state index in [1.807, 2.05) is 12.1 Å². The number of ether oxygens (including phenoxy) is 1. The number of allylic oxidation sites excluding steroid dienone is 1. The summed E-state index contributed by atoms with van der Waals surface area (Å²) >= 11 is 5.97. The molecule has 3 rings (SSSR count). The first-order valence-corrected chi connectivity index (χ1v) is 9.44. The van der Waals surface area contributed by atoms with Crippen molar-refractivity contribution in [3.8, 4) is 12.1 Å². The van der Waals surface area contributed by atoms with Gasteiger partial charge in [0.1, 0.15) is 23.1 Å². The fourth-order valence-corrected chi connectivity index (χ4v) is 3.75. The molecular weight excluding hydrogens is 388 g/mol. The molecule has 2 aromatic carbocycles. The lowest BCUT2D eigenvalue weighted by Crippen LogP contribution is -2.26. The van der Waals surface area contributed by atoms with Crippen molar-refractivity contribution in [1.29, 1.82) is 10.5 Å². The second-order valence-electron chi connectivity index (χ2n) is 6.66. The van der Waals surface area contributed by atoms with E-state index in [9.17, 15) is 20.1 Å². The Labute approximate surface area is 173 Å². The smallest absolute Gasteiger partial charge is 0.317 e. The average Bonchev–Trinajstić information content (AvgIpc) is 3.49. The maximum Gasteiger partial charge on any atom is 0.317 e. The number of halogens is 1. The molecule has 5 nitrogen and oxygen atoms in total. The van der Waals surface area contributed by atoms with Crippen molar-refractivity contribution in [2.75, 3.05) is 6.61 Å². The van der Waals surface area contributed by atoms with Crippen LogP contribution in [0.1, 0.15) is 29.3 Å². The van der Waals surface area contributed by atoms with E-state index in [0.717, 1.165) is 0 Å². The fraction of sp³-hybridized carbons (Fsp3) is 0.217. The zero-order chi connectivity index (χ0) is 21.0. The monoisotopic (exact) mass is 404 g/mol. The van der Waals surface area contributed by atoms with Crippen LogP contribution in [0.5, 0.6) is 0 Å². The summed E-state index contributed by atoms with van der Waals surface area (Å²) in [5.41, 5.74) is -0.425. The third kappa shape index (κ3) is 3.66. The molecule has 0 heterocycles. The van der Waals surface area contributed by atoms with E-state index in [-0.39, 0.29) is 30.0 Å². The molecule has 2 atom stereocenters. The minimum absolute atomic E-state index is 0.120. The summed E-state index contributed by atoms with van der Waals surface area (Å²) in [5.74, 6) is -1.55. The van der Waals surface area contributed by atoms with Gasteiger partial charge in [-0.3, -0.25) is 9.59 Å². The topological polar surface area (TPSA) is 90.9 Å². The van der Waals surface area contributed by atoms with Crippen LogP contribution in [0.15, 0.2) is 60.2 Å². The Bertz CT molecular complexity index is 1050. The fourth-order valence-electron chi connectivity index (χ4n) is 3.63. The first-order valence-electron chi connectivity index (χ1n) is 9.07. The number of hydrogen-bond donors (Lipinski definition) is 0. The summed E-state index contributed by atoms with van der Waals surface area (Å²) in [6, 6.07) is 18.9. The number of hydrogen-bond acceptors (Lipinski definition) is 5. The Hall–Kier alpha value is -3.41. The molecule has 0 amide bonds. The predicted octanol–water partition coefficient (Wildman–Crippen LogP) is 4.59. The van der Waals surface area contributed by atoms with Crippen LogP contribution >= 0.6 is 11.6 Å². The van der Waals surface area contributed by atoms with Crippen LogP contribution in [0.2, 0.25) is 5.02 Å². The maximum absolute atomic E-state index is 13.1. The predicted molar refractivity (Wildman–Crippen MR) is 108 cm³/mol. The van der Waals surface area contributed by atoms with E-state index in [2.05, 4.69) is 0 Å². The van der Waals surface area contributed by atoms with Gasteiger partial charge in [0.15, 0.2) is 5.78 Å². The highest BCUT2D eigenvalue weighted by atomic mass is 35.5. The summed E-state index contributed by atoms with van der Waals surface area (Å²) < 4.78 is 5.28.